The highest BCUT2D eigenvalue weighted by atomic mass is 16.5. The fraction of sp³-hybridized carbons (Fsp3) is 0.375. The third-order valence-electron chi connectivity index (χ3n) is 3.04. The number of nitrogens with zero attached hydrogens (tertiary/aromatic N) is 1. The number of pyridine rings is 1. The van der Waals surface area contributed by atoms with Crippen molar-refractivity contribution in [3.8, 4) is 5.75 Å². The average Bonchev–Trinajstić information content (AvgIpc) is 2.49. The molecule has 106 valence electrons. The molecule has 2 aromatic rings. The first-order valence-corrected chi connectivity index (χ1v) is 7.04. The SMILES string of the molecule is CCCCCNC(=O)COc1cnc2ccccc2c1. The fourth-order valence-electron chi connectivity index (χ4n) is 1.93. The van der Waals surface area contributed by atoms with Crippen LogP contribution in [0.25, 0.3) is 10.9 Å². The Hall–Kier alpha value is -2.10. The van der Waals surface area contributed by atoms with Crippen molar-refractivity contribution >= 4 is 16.8 Å². The summed E-state index contributed by atoms with van der Waals surface area (Å²) in [5, 5.41) is 3.85. The maximum absolute atomic E-state index is 11.6. The summed E-state index contributed by atoms with van der Waals surface area (Å²) in [5.41, 5.74) is 0.920. The van der Waals surface area contributed by atoms with Gasteiger partial charge < -0.3 is 10.1 Å². The van der Waals surface area contributed by atoms with Crippen molar-refractivity contribution < 1.29 is 9.53 Å². The van der Waals surface area contributed by atoms with Crippen molar-refractivity contribution in [3.63, 3.8) is 0 Å². The van der Waals surface area contributed by atoms with Gasteiger partial charge in [0, 0.05) is 11.9 Å². The van der Waals surface area contributed by atoms with Gasteiger partial charge in [-0.3, -0.25) is 9.78 Å². The second kappa shape index (κ2) is 7.48. The van der Waals surface area contributed by atoms with Crippen molar-refractivity contribution in [3.05, 3.63) is 36.5 Å². The third kappa shape index (κ3) is 4.23. The summed E-state index contributed by atoms with van der Waals surface area (Å²) < 4.78 is 5.46. The molecule has 0 aliphatic carbocycles. The predicted molar refractivity (Wildman–Crippen MR) is 79.8 cm³/mol. The number of ether oxygens (including phenoxy) is 1. The van der Waals surface area contributed by atoms with Crippen LogP contribution in [-0.4, -0.2) is 24.0 Å². The fourth-order valence-corrected chi connectivity index (χ4v) is 1.93. The summed E-state index contributed by atoms with van der Waals surface area (Å²) in [4.78, 5) is 15.9. The second-order valence-corrected chi connectivity index (χ2v) is 4.71. The van der Waals surface area contributed by atoms with Crippen LogP contribution >= 0.6 is 0 Å². The first-order chi connectivity index (χ1) is 9.79. The minimum absolute atomic E-state index is 0.0339. The molecule has 2 rings (SSSR count). The standard InChI is InChI=1S/C16H20N2O2/c1-2-3-6-9-17-16(19)12-20-14-10-13-7-4-5-8-15(13)18-11-14/h4-5,7-8,10-11H,2-3,6,9,12H2,1H3,(H,17,19). The van der Waals surface area contributed by atoms with Crippen LogP contribution in [-0.2, 0) is 4.79 Å². The Morgan fingerprint density at radius 1 is 1.30 bits per heavy atom. The maximum Gasteiger partial charge on any atom is 0.257 e. The molecule has 0 bridgehead atoms. The summed E-state index contributed by atoms with van der Waals surface area (Å²) in [6.45, 7) is 2.88. The van der Waals surface area contributed by atoms with Crippen molar-refractivity contribution in [1.29, 1.82) is 0 Å². The minimum atomic E-state index is -0.0886. The Balaban J connectivity index is 1.81. The molecule has 1 heterocycles. The molecule has 0 spiro atoms. The molecule has 4 heteroatoms. The van der Waals surface area contributed by atoms with Gasteiger partial charge in [0.2, 0.25) is 0 Å². The highest BCUT2D eigenvalue weighted by Gasteiger charge is 2.03. The number of aromatic nitrogens is 1. The van der Waals surface area contributed by atoms with Crippen LogP contribution in [0.3, 0.4) is 0 Å². The zero-order chi connectivity index (χ0) is 14.2. The first kappa shape index (κ1) is 14.3. The molecule has 0 radical (unpaired) electrons. The number of rotatable bonds is 7. The summed E-state index contributed by atoms with van der Waals surface area (Å²) in [7, 11) is 0. The zero-order valence-corrected chi connectivity index (χ0v) is 11.8. The number of amides is 1. The molecule has 0 aliphatic rings. The molecule has 1 aromatic heterocycles. The van der Waals surface area contributed by atoms with Crippen LogP contribution in [0.1, 0.15) is 26.2 Å². The Bertz CT molecular complexity index is 569. The van der Waals surface area contributed by atoms with E-state index in [1.54, 1.807) is 6.20 Å². The molecule has 1 aromatic carbocycles. The number of hydrogen-bond acceptors (Lipinski definition) is 3. The lowest BCUT2D eigenvalue weighted by atomic mass is 10.2. The highest BCUT2D eigenvalue weighted by molar-refractivity contribution is 5.80. The average molecular weight is 272 g/mol. The van der Waals surface area contributed by atoms with E-state index >= 15 is 0 Å². The topological polar surface area (TPSA) is 51.2 Å². The molecule has 4 nitrogen and oxygen atoms in total. The van der Waals surface area contributed by atoms with Crippen molar-refractivity contribution in [1.82, 2.24) is 10.3 Å². The minimum Gasteiger partial charge on any atom is -0.482 e. The molecule has 0 unspecified atom stereocenters. The Morgan fingerprint density at radius 2 is 2.15 bits per heavy atom. The van der Waals surface area contributed by atoms with Gasteiger partial charge in [0.1, 0.15) is 5.75 Å². The highest BCUT2D eigenvalue weighted by Crippen LogP contribution is 2.17. The molecule has 0 saturated carbocycles. The molecule has 1 N–H and O–H groups in total. The number of para-hydroxylation sites is 1. The molecule has 20 heavy (non-hydrogen) atoms. The van der Waals surface area contributed by atoms with E-state index in [0.29, 0.717) is 12.3 Å². The Labute approximate surface area is 119 Å². The van der Waals surface area contributed by atoms with Crippen molar-refractivity contribution in [2.24, 2.45) is 0 Å². The van der Waals surface area contributed by atoms with Gasteiger partial charge in [-0.2, -0.15) is 0 Å². The first-order valence-electron chi connectivity index (χ1n) is 7.04. The monoisotopic (exact) mass is 272 g/mol. The van der Waals surface area contributed by atoms with E-state index in [2.05, 4.69) is 17.2 Å². The molecule has 0 saturated heterocycles. The lowest BCUT2D eigenvalue weighted by Gasteiger charge is -2.07. The molecule has 0 fully saturated rings. The van der Waals surface area contributed by atoms with Crippen LogP contribution in [0.15, 0.2) is 36.5 Å². The number of unbranched alkanes of at least 4 members (excludes halogenated alkanes) is 2. The third-order valence-corrected chi connectivity index (χ3v) is 3.04. The smallest absolute Gasteiger partial charge is 0.257 e. The predicted octanol–water partition coefficient (Wildman–Crippen LogP) is 2.92. The van der Waals surface area contributed by atoms with Gasteiger partial charge >= 0.3 is 0 Å². The van der Waals surface area contributed by atoms with E-state index in [1.165, 1.54) is 0 Å². The summed E-state index contributed by atoms with van der Waals surface area (Å²) in [6.07, 6.45) is 4.94. The number of carbonyl (C=O) groups is 1. The van der Waals surface area contributed by atoms with Gasteiger partial charge in [0.05, 0.1) is 11.7 Å². The summed E-state index contributed by atoms with van der Waals surface area (Å²) >= 11 is 0. The van der Waals surface area contributed by atoms with Gasteiger partial charge in [-0.15, -0.1) is 0 Å². The van der Waals surface area contributed by atoms with E-state index in [9.17, 15) is 4.79 Å². The van der Waals surface area contributed by atoms with Crippen LogP contribution < -0.4 is 10.1 Å². The van der Waals surface area contributed by atoms with E-state index in [1.807, 2.05) is 30.3 Å². The molecular weight excluding hydrogens is 252 g/mol. The Morgan fingerprint density at radius 3 is 3.00 bits per heavy atom. The maximum atomic E-state index is 11.6. The van der Waals surface area contributed by atoms with E-state index < -0.39 is 0 Å². The summed E-state index contributed by atoms with van der Waals surface area (Å²) in [5.74, 6) is 0.529. The molecule has 0 atom stereocenters. The number of hydrogen-bond donors (Lipinski definition) is 1. The Kier molecular flexibility index (Phi) is 5.35. The van der Waals surface area contributed by atoms with Gasteiger partial charge in [-0.25, -0.2) is 0 Å². The van der Waals surface area contributed by atoms with Gasteiger partial charge in [0.25, 0.3) is 5.91 Å². The van der Waals surface area contributed by atoms with Crippen molar-refractivity contribution in [2.45, 2.75) is 26.2 Å². The number of carbonyl (C=O) groups excluding carboxylic acids is 1. The lowest BCUT2D eigenvalue weighted by Crippen LogP contribution is -2.29. The van der Waals surface area contributed by atoms with Crippen LogP contribution in [0.5, 0.6) is 5.75 Å². The quantitative estimate of drug-likeness (QED) is 0.788. The number of nitrogens with one attached hydrogen (secondary N) is 1. The molecule has 1 amide bonds. The largest absolute Gasteiger partial charge is 0.482 e. The van der Waals surface area contributed by atoms with Gasteiger partial charge in [-0.1, -0.05) is 38.0 Å². The van der Waals surface area contributed by atoms with E-state index in [0.717, 1.165) is 30.2 Å². The molecule has 0 aliphatic heterocycles. The zero-order valence-electron chi connectivity index (χ0n) is 11.8. The van der Waals surface area contributed by atoms with Crippen LogP contribution in [0, 0.1) is 0 Å². The van der Waals surface area contributed by atoms with Crippen LogP contribution in [0.4, 0.5) is 0 Å². The summed E-state index contributed by atoms with van der Waals surface area (Å²) in [6, 6.07) is 9.71. The van der Waals surface area contributed by atoms with Gasteiger partial charge in [-0.05, 0) is 18.6 Å². The number of fused-ring (bicyclic) bond motifs is 1. The second-order valence-electron chi connectivity index (χ2n) is 4.71. The van der Waals surface area contributed by atoms with E-state index in [-0.39, 0.29) is 12.5 Å². The molecular formula is C16H20N2O2. The van der Waals surface area contributed by atoms with Crippen LogP contribution in [0.2, 0.25) is 0 Å². The lowest BCUT2D eigenvalue weighted by molar-refractivity contribution is -0.123. The normalized spacial score (nSPS) is 10.4. The number of benzene rings is 1. The van der Waals surface area contributed by atoms with Gasteiger partial charge in [0.15, 0.2) is 6.61 Å². The van der Waals surface area contributed by atoms with Crippen molar-refractivity contribution in [2.75, 3.05) is 13.2 Å². The van der Waals surface area contributed by atoms with E-state index in [4.69, 9.17) is 4.74 Å².